The van der Waals surface area contributed by atoms with Crippen LogP contribution in [0.1, 0.15) is 30.4 Å². The second kappa shape index (κ2) is 7.70. The van der Waals surface area contributed by atoms with Crippen molar-refractivity contribution in [3.63, 3.8) is 0 Å². The molecule has 154 valence electrons. The summed E-state index contributed by atoms with van der Waals surface area (Å²) >= 11 is 0. The SMILES string of the molecule is [2H]C([2H])([2H])C([2H])(C)Cc1cccc(-c2cc[n+](C)c(-c3c(C)ccc4c3oc3ccccc34)c2)c1. The molecule has 0 amide bonds. The summed E-state index contributed by atoms with van der Waals surface area (Å²) in [5, 5.41) is 2.19. The average molecular weight is 411 g/mol. The lowest BCUT2D eigenvalue weighted by atomic mass is 9.96. The molecule has 0 N–H and O–H groups in total. The van der Waals surface area contributed by atoms with Gasteiger partial charge in [0.1, 0.15) is 18.2 Å². The van der Waals surface area contributed by atoms with Gasteiger partial charge >= 0.3 is 0 Å². The fourth-order valence-electron chi connectivity index (χ4n) is 4.37. The van der Waals surface area contributed by atoms with Crippen LogP contribution in [0.4, 0.5) is 0 Å². The zero-order chi connectivity index (χ0) is 25.0. The van der Waals surface area contributed by atoms with Crippen molar-refractivity contribution >= 4 is 21.9 Å². The summed E-state index contributed by atoms with van der Waals surface area (Å²) in [6, 6.07) is 24.4. The van der Waals surface area contributed by atoms with E-state index < -0.39 is 12.7 Å². The van der Waals surface area contributed by atoms with E-state index in [9.17, 15) is 0 Å². The molecular formula is C29H28NO+. The van der Waals surface area contributed by atoms with E-state index in [1.807, 2.05) is 55.7 Å². The topological polar surface area (TPSA) is 17.0 Å². The van der Waals surface area contributed by atoms with Gasteiger partial charge in [0.2, 0.25) is 5.69 Å². The predicted octanol–water partition coefficient (Wildman–Crippen LogP) is 7.25. The molecule has 3 aromatic carbocycles. The minimum Gasteiger partial charge on any atom is -0.455 e. The molecule has 0 saturated heterocycles. The van der Waals surface area contributed by atoms with E-state index in [1.165, 1.54) is 6.92 Å². The lowest BCUT2D eigenvalue weighted by molar-refractivity contribution is -0.660. The number of nitrogens with zero attached hydrogens (tertiary/aromatic N) is 1. The molecule has 31 heavy (non-hydrogen) atoms. The van der Waals surface area contributed by atoms with Crippen LogP contribution in [0.2, 0.25) is 0 Å². The van der Waals surface area contributed by atoms with E-state index in [0.717, 1.165) is 55.4 Å². The van der Waals surface area contributed by atoms with Gasteiger partial charge in [-0.2, -0.15) is 0 Å². The van der Waals surface area contributed by atoms with Gasteiger partial charge in [0.05, 0.1) is 5.56 Å². The number of fused-ring (bicyclic) bond motifs is 3. The minimum absolute atomic E-state index is 0.155. The first kappa shape index (κ1) is 15.4. The van der Waals surface area contributed by atoms with Gasteiger partial charge in [0.25, 0.3) is 0 Å². The molecule has 0 bridgehead atoms. The summed E-state index contributed by atoms with van der Waals surface area (Å²) < 4.78 is 39.9. The Morgan fingerprint density at radius 1 is 0.968 bits per heavy atom. The summed E-state index contributed by atoms with van der Waals surface area (Å²) in [6.45, 7) is 1.22. The number of para-hydroxylation sites is 1. The normalized spacial score (nSPS) is 15.8. The molecule has 0 aliphatic rings. The van der Waals surface area contributed by atoms with E-state index in [2.05, 4.69) is 41.8 Å². The summed E-state index contributed by atoms with van der Waals surface area (Å²) in [7, 11) is 2.03. The van der Waals surface area contributed by atoms with Crippen molar-refractivity contribution in [1.82, 2.24) is 0 Å². The molecule has 1 unspecified atom stereocenters. The van der Waals surface area contributed by atoms with Crippen LogP contribution in [0.5, 0.6) is 0 Å². The van der Waals surface area contributed by atoms with Gasteiger partial charge in [-0.05, 0) is 47.6 Å². The van der Waals surface area contributed by atoms with Gasteiger partial charge in [-0.25, -0.2) is 4.57 Å². The first-order chi connectivity index (χ1) is 16.5. The van der Waals surface area contributed by atoms with Crippen molar-refractivity contribution in [3.8, 4) is 22.4 Å². The Morgan fingerprint density at radius 2 is 1.81 bits per heavy atom. The molecule has 2 heteroatoms. The summed E-state index contributed by atoms with van der Waals surface area (Å²) in [5.74, 6) is -1.55. The number of aromatic nitrogens is 1. The lowest BCUT2D eigenvalue weighted by Crippen LogP contribution is -2.30. The maximum Gasteiger partial charge on any atom is 0.216 e. The average Bonchev–Trinajstić information content (AvgIpc) is 3.17. The smallest absolute Gasteiger partial charge is 0.216 e. The molecule has 0 fully saturated rings. The molecular weight excluding hydrogens is 378 g/mol. The van der Waals surface area contributed by atoms with Crippen LogP contribution >= 0.6 is 0 Å². The van der Waals surface area contributed by atoms with Crippen molar-refractivity contribution in [2.45, 2.75) is 27.1 Å². The lowest BCUT2D eigenvalue weighted by Gasteiger charge is -2.10. The van der Waals surface area contributed by atoms with Crippen molar-refractivity contribution in [2.24, 2.45) is 12.9 Å². The second-order valence-corrected chi connectivity index (χ2v) is 8.30. The standard InChI is InChI=1S/C29H28NO/c1-19(2)16-21-8-7-9-22(17-21)23-14-15-30(4)26(18-23)28-20(3)12-13-25-24-10-5-6-11-27(24)31-29(25)28/h5-15,17-19H,16H2,1-4H3/q+1/i1D3,19D. The highest BCUT2D eigenvalue weighted by Gasteiger charge is 2.21. The zero-order valence-electron chi connectivity index (χ0n) is 22.1. The Labute approximate surface area is 189 Å². The molecule has 2 heterocycles. The van der Waals surface area contributed by atoms with E-state index in [-0.39, 0.29) is 6.42 Å². The van der Waals surface area contributed by atoms with E-state index >= 15 is 0 Å². The molecule has 5 aromatic rings. The monoisotopic (exact) mass is 410 g/mol. The molecule has 0 aliphatic heterocycles. The third kappa shape index (κ3) is 3.53. The van der Waals surface area contributed by atoms with Gasteiger partial charge in [-0.1, -0.05) is 68.4 Å². The number of aryl methyl sites for hydroxylation is 2. The maximum absolute atomic E-state index is 8.33. The van der Waals surface area contributed by atoms with Gasteiger partial charge in [-0.15, -0.1) is 0 Å². The predicted molar refractivity (Wildman–Crippen MR) is 129 cm³/mol. The molecule has 5 rings (SSSR count). The Kier molecular flexibility index (Phi) is 3.83. The van der Waals surface area contributed by atoms with Gasteiger partial charge < -0.3 is 4.42 Å². The number of hydrogen-bond acceptors (Lipinski definition) is 1. The Balaban J connectivity index is 1.62. The Bertz CT molecular complexity index is 1560. The molecule has 0 saturated carbocycles. The number of furan rings is 1. The van der Waals surface area contributed by atoms with E-state index in [0.29, 0.717) is 0 Å². The van der Waals surface area contributed by atoms with Crippen LogP contribution < -0.4 is 4.57 Å². The summed E-state index contributed by atoms with van der Waals surface area (Å²) in [6.07, 6.45) is 2.19. The highest BCUT2D eigenvalue weighted by molar-refractivity contribution is 6.09. The molecule has 0 radical (unpaired) electrons. The molecule has 1 atom stereocenters. The van der Waals surface area contributed by atoms with Crippen LogP contribution in [0, 0.1) is 12.8 Å². The minimum atomic E-state index is -2.35. The van der Waals surface area contributed by atoms with Crippen molar-refractivity contribution < 1.29 is 14.5 Å². The highest BCUT2D eigenvalue weighted by Crippen LogP contribution is 2.37. The summed E-state index contributed by atoms with van der Waals surface area (Å²) in [5.41, 5.74) is 7.79. The van der Waals surface area contributed by atoms with Gasteiger partial charge in [0, 0.05) is 28.4 Å². The molecule has 0 spiro atoms. The Morgan fingerprint density at radius 3 is 2.68 bits per heavy atom. The fourth-order valence-corrected chi connectivity index (χ4v) is 4.37. The molecule has 2 nitrogen and oxygen atoms in total. The number of rotatable bonds is 4. The third-order valence-electron chi connectivity index (χ3n) is 5.89. The summed E-state index contributed by atoms with van der Waals surface area (Å²) in [4.78, 5) is 0. The van der Waals surface area contributed by atoms with Crippen molar-refractivity contribution in [3.05, 3.63) is 90.1 Å². The largest absolute Gasteiger partial charge is 0.455 e. The van der Waals surface area contributed by atoms with Crippen molar-refractivity contribution in [2.75, 3.05) is 0 Å². The maximum atomic E-state index is 8.33. The van der Waals surface area contributed by atoms with Crippen LogP contribution in [-0.2, 0) is 13.5 Å². The highest BCUT2D eigenvalue weighted by atomic mass is 16.3. The molecule has 0 aliphatic carbocycles. The number of hydrogen-bond donors (Lipinski definition) is 0. The first-order valence-corrected chi connectivity index (χ1v) is 10.6. The molecule has 2 aromatic heterocycles. The number of pyridine rings is 1. The van der Waals surface area contributed by atoms with Crippen LogP contribution in [0.25, 0.3) is 44.3 Å². The van der Waals surface area contributed by atoms with E-state index in [4.69, 9.17) is 9.90 Å². The van der Waals surface area contributed by atoms with E-state index in [1.54, 1.807) is 0 Å². The van der Waals surface area contributed by atoms with Gasteiger partial charge in [0.15, 0.2) is 6.20 Å². The Hall–Kier alpha value is -3.39. The fraction of sp³-hybridized carbons (Fsp3) is 0.207. The van der Waals surface area contributed by atoms with Crippen LogP contribution in [-0.4, -0.2) is 0 Å². The quantitative estimate of drug-likeness (QED) is 0.285. The zero-order valence-corrected chi connectivity index (χ0v) is 18.1. The first-order valence-electron chi connectivity index (χ1n) is 12.6. The van der Waals surface area contributed by atoms with Crippen LogP contribution in [0.15, 0.2) is 83.4 Å². The van der Waals surface area contributed by atoms with Gasteiger partial charge in [-0.3, -0.25) is 0 Å². The second-order valence-electron chi connectivity index (χ2n) is 8.30. The van der Waals surface area contributed by atoms with Crippen molar-refractivity contribution in [1.29, 1.82) is 0 Å². The third-order valence-corrected chi connectivity index (χ3v) is 5.89. The number of benzene rings is 3. The van der Waals surface area contributed by atoms with Crippen LogP contribution in [0.3, 0.4) is 0 Å².